The highest BCUT2D eigenvalue weighted by Crippen LogP contribution is 2.39. The molecule has 0 aromatic heterocycles. The van der Waals surface area contributed by atoms with Crippen LogP contribution in [0.4, 0.5) is 22.7 Å². The Morgan fingerprint density at radius 1 is 0.473 bits per heavy atom. The molecule has 0 bridgehead atoms. The van der Waals surface area contributed by atoms with Crippen LogP contribution >= 0.6 is 0 Å². The molecule has 55 heavy (non-hydrogen) atoms. The van der Waals surface area contributed by atoms with Crippen molar-refractivity contribution < 1.29 is 0 Å². The van der Waals surface area contributed by atoms with E-state index in [1.54, 1.807) is 0 Å². The molecule has 2 atom stereocenters. The van der Waals surface area contributed by atoms with Crippen molar-refractivity contribution in [1.29, 1.82) is 0 Å². The molecule has 2 aliphatic rings. The van der Waals surface area contributed by atoms with Crippen LogP contribution in [-0.4, -0.2) is 12.6 Å². The first-order valence-electron chi connectivity index (χ1n) is 19.7. The van der Waals surface area contributed by atoms with Gasteiger partial charge in [-0.3, -0.25) is 0 Å². The molecule has 7 aromatic carbocycles. The zero-order valence-corrected chi connectivity index (χ0v) is 31.3. The van der Waals surface area contributed by atoms with Crippen LogP contribution in [0.25, 0.3) is 44.2 Å². The van der Waals surface area contributed by atoms with E-state index in [4.69, 9.17) is 0 Å². The van der Waals surface area contributed by atoms with Crippen molar-refractivity contribution in [1.82, 2.24) is 0 Å². The summed E-state index contributed by atoms with van der Waals surface area (Å²) in [6.45, 7) is 5.39. The lowest BCUT2D eigenvalue weighted by atomic mass is 9.79. The molecule has 1 aliphatic heterocycles. The number of hydrogen-bond donors (Lipinski definition) is 0. The molecule has 1 heterocycles. The number of hydrogen-bond acceptors (Lipinski definition) is 2. The molecular formula is C53H46N2. The summed E-state index contributed by atoms with van der Waals surface area (Å²) in [4.78, 5) is 4.95. The van der Waals surface area contributed by atoms with Crippen LogP contribution in [0.15, 0.2) is 206 Å². The van der Waals surface area contributed by atoms with Gasteiger partial charge < -0.3 is 9.80 Å². The first kappa shape index (κ1) is 34.4. The van der Waals surface area contributed by atoms with Crippen LogP contribution in [0.2, 0.25) is 0 Å². The first-order chi connectivity index (χ1) is 27.2. The minimum absolute atomic E-state index is 0.474. The minimum Gasteiger partial charge on any atom is -0.364 e. The fraction of sp³-hybridized carbons (Fsp3) is 0.132. The molecule has 268 valence electrons. The Bertz CT molecular complexity index is 2470. The Kier molecular flexibility index (Phi) is 9.71. The average Bonchev–Trinajstić information content (AvgIpc) is 3.33. The van der Waals surface area contributed by atoms with E-state index in [1.165, 1.54) is 81.1 Å². The quantitative estimate of drug-likeness (QED) is 0.162. The number of para-hydroxylation sites is 1. The van der Waals surface area contributed by atoms with E-state index in [-0.39, 0.29) is 0 Å². The largest absolute Gasteiger partial charge is 0.364 e. The van der Waals surface area contributed by atoms with Crippen molar-refractivity contribution in [2.24, 2.45) is 5.92 Å². The fourth-order valence-corrected chi connectivity index (χ4v) is 8.62. The molecule has 1 fully saturated rings. The van der Waals surface area contributed by atoms with Gasteiger partial charge in [0.25, 0.3) is 0 Å². The van der Waals surface area contributed by atoms with Crippen LogP contribution in [0.5, 0.6) is 0 Å². The standard InChI is InChI=1S/C53H46N2/c1-39-13-4-3-11-36-54(53-21-10-9-20-52(39)53)51-19-12-16-46(38-51)43-24-22-41(23-25-43)42-28-32-49(33-29-42)55(48-17-5-2-6-18-48)50-34-30-44(31-35-50)47-27-26-40-14-7-8-15-45(40)37-47/h2-8,11-19,22-35,37-38,52-53H,1,9-10,20-21,36H2/b11-3-,13-4-. The van der Waals surface area contributed by atoms with E-state index < -0.39 is 0 Å². The maximum Gasteiger partial charge on any atom is 0.0462 e. The van der Waals surface area contributed by atoms with Gasteiger partial charge in [0, 0.05) is 41.3 Å². The number of nitrogens with zero attached hydrogens (tertiary/aromatic N) is 2. The Labute approximate surface area is 326 Å². The average molecular weight is 711 g/mol. The van der Waals surface area contributed by atoms with E-state index in [0.29, 0.717) is 12.0 Å². The lowest BCUT2D eigenvalue weighted by Crippen LogP contribution is -2.43. The second-order valence-corrected chi connectivity index (χ2v) is 14.9. The lowest BCUT2D eigenvalue weighted by Gasteiger charge is -2.41. The molecular weight excluding hydrogens is 665 g/mol. The second-order valence-electron chi connectivity index (χ2n) is 14.9. The minimum atomic E-state index is 0.474. The predicted octanol–water partition coefficient (Wildman–Crippen LogP) is 14.4. The van der Waals surface area contributed by atoms with Crippen LogP contribution in [0, 0.1) is 5.92 Å². The third kappa shape index (κ3) is 7.29. The summed E-state index contributed by atoms with van der Waals surface area (Å²) in [5, 5.41) is 2.52. The summed E-state index contributed by atoms with van der Waals surface area (Å²) in [6.07, 6.45) is 13.8. The van der Waals surface area contributed by atoms with Gasteiger partial charge >= 0.3 is 0 Å². The van der Waals surface area contributed by atoms with Crippen molar-refractivity contribution in [2.75, 3.05) is 16.3 Å². The summed E-state index contributed by atoms with van der Waals surface area (Å²) >= 11 is 0. The van der Waals surface area contributed by atoms with Crippen molar-refractivity contribution in [3.63, 3.8) is 0 Å². The van der Waals surface area contributed by atoms with E-state index in [1.807, 2.05) is 0 Å². The van der Waals surface area contributed by atoms with Crippen molar-refractivity contribution >= 4 is 33.5 Å². The van der Waals surface area contributed by atoms with Gasteiger partial charge in [0.15, 0.2) is 0 Å². The molecule has 0 spiro atoms. The van der Waals surface area contributed by atoms with Crippen LogP contribution in [0.1, 0.15) is 25.7 Å². The maximum absolute atomic E-state index is 4.48. The number of rotatable bonds is 7. The van der Waals surface area contributed by atoms with Crippen molar-refractivity contribution in [3.05, 3.63) is 206 Å². The Hall–Kier alpha value is -6.38. The Morgan fingerprint density at radius 2 is 1.04 bits per heavy atom. The molecule has 2 nitrogen and oxygen atoms in total. The van der Waals surface area contributed by atoms with E-state index >= 15 is 0 Å². The van der Waals surface area contributed by atoms with Gasteiger partial charge in [-0.1, -0.05) is 165 Å². The summed E-state index contributed by atoms with van der Waals surface area (Å²) < 4.78 is 0. The van der Waals surface area contributed by atoms with Crippen LogP contribution < -0.4 is 9.80 Å². The van der Waals surface area contributed by atoms with E-state index in [0.717, 1.165) is 23.6 Å². The molecule has 7 aromatic rings. The molecule has 0 radical (unpaired) electrons. The van der Waals surface area contributed by atoms with Gasteiger partial charge in [0.1, 0.15) is 0 Å². The predicted molar refractivity (Wildman–Crippen MR) is 235 cm³/mol. The van der Waals surface area contributed by atoms with Crippen molar-refractivity contribution in [3.8, 4) is 33.4 Å². The number of fused-ring (bicyclic) bond motifs is 2. The molecule has 0 N–H and O–H groups in total. The summed E-state index contributed by atoms with van der Waals surface area (Å²) in [6, 6.07) is 62.4. The molecule has 0 amide bonds. The summed E-state index contributed by atoms with van der Waals surface area (Å²) in [7, 11) is 0. The SMILES string of the molecule is C=C1/C=C\C=C/CN(c2cccc(-c3ccc(-c4ccc(N(c5ccccc5)c5ccc(-c6ccc7ccccc7c6)cc5)cc4)cc3)c2)C2CCCCC12. The van der Waals surface area contributed by atoms with Crippen LogP contribution in [0.3, 0.4) is 0 Å². The topological polar surface area (TPSA) is 6.48 Å². The van der Waals surface area contributed by atoms with E-state index in [2.05, 4.69) is 211 Å². The third-order valence-corrected chi connectivity index (χ3v) is 11.5. The highest BCUT2D eigenvalue weighted by Gasteiger charge is 2.31. The molecule has 1 aliphatic carbocycles. The molecule has 2 heteroatoms. The third-order valence-electron chi connectivity index (χ3n) is 11.5. The smallest absolute Gasteiger partial charge is 0.0462 e. The first-order valence-corrected chi connectivity index (χ1v) is 19.7. The zero-order chi connectivity index (χ0) is 37.0. The lowest BCUT2D eigenvalue weighted by molar-refractivity contribution is 0.338. The fourth-order valence-electron chi connectivity index (χ4n) is 8.62. The van der Waals surface area contributed by atoms with Gasteiger partial charge in [-0.25, -0.2) is 0 Å². The van der Waals surface area contributed by atoms with E-state index in [9.17, 15) is 0 Å². The van der Waals surface area contributed by atoms with Crippen molar-refractivity contribution in [2.45, 2.75) is 31.7 Å². The van der Waals surface area contributed by atoms with Crippen LogP contribution in [-0.2, 0) is 0 Å². The Balaban J connectivity index is 0.957. The highest BCUT2D eigenvalue weighted by atomic mass is 15.2. The molecule has 2 unspecified atom stereocenters. The zero-order valence-electron chi connectivity index (χ0n) is 31.3. The summed E-state index contributed by atoms with van der Waals surface area (Å²) in [5.74, 6) is 0.501. The normalized spacial score (nSPS) is 18.1. The van der Waals surface area contributed by atoms with Gasteiger partial charge in [-0.2, -0.15) is 0 Å². The second kappa shape index (κ2) is 15.5. The van der Waals surface area contributed by atoms with Gasteiger partial charge in [-0.15, -0.1) is 0 Å². The van der Waals surface area contributed by atoms with Gasteiger partial charge in [0.05, 0.1) is 0 Å². The number of allylic oxidation sites excluding steroid dienone is 3. The Morgan fingerprint density at radius 3 is 1.75 bits per heavy atom. The highest BCUT2D eigenvalue weighted by molar-refractivity contribution is 5.88. The molecule has 0 saturated heterocycles. The van der Waals surface area contributed by atoms with Gasteiger partial charge in [-0.05, 0) is 112 Å². The monoisotopic (exact) mass is 710 g/mol. The molecule has 1 saturated carbocycles. The molecule has 9 rings (SSSR count). The van der Waals surface area contributed by atoms with Gasteiger partial charge in [0.2, 0.25) is 0 Å². The maximum atomic E-state index is 4.48. The number of anilines is 4. The summed E-state index contributed by atoms with van der Waals surface area (Å²) in [5.41, 5.74) is 13.2. The number of benzene rings is 7.